The van der Waals surface area contributed by atoms with Gasteiger partial charge in [0.1, 0.15) is 0 Å². The number of carboxylic acid groups (broad SMARTS) is 1. The van der Waals surface area contributed by atoms with Gasteiger partial charge in [-0.3, -0.25) is 28.0 Å². The van der Waals surface area contributed by atoms with Gasteiger partial charge >= 0.3 is 20.0 Å². The van der Waals surface area contributed by atoms with E-state index in [9.17, 15) is 32.1 Å². The molecule has 1 aromatic carbocycles. The molecule has 0 aliphatic rings. The second kappa shape index (κ2) is 14.8. The van der Waals surface area contributed by atoms with Crippen LogP contribution < -0.4 is 10.6 Å². The number of rotatable bonds is 16. The standard InChI is InChI=1S/C21H30F3N2O8P/c1-3-32-35(31,33-4-2)34-13-6-5-12-25-20(30)16-11-10-15(21(22,23)24)14-17(16)26-18(27)8-7-9-19(28)29/h10-11,14H,3-9,12-13H2,1-2H3,(H,25,30)(H,26,27)(H,28,29). The molecule has 198 valence electrons. The van der Waals surface area contributed by atoms with Gasteiger partial charge in [0.05, 0.1) is 36.6 Å². The number of halogens is 3. The Kier molecular flexibility index (Phi) is 12.9. The highest BCUT2D eigenvalue weighted by Crippen LogP contribution is 2.49. The van der Waals surface area contributed by atoms with Gasteiger partial charge < -0.3 is 15.7 Å². The molecule has 1 aromatic rings. The van der Waals surface area contributed by atoms with Gasteiger partial charge in [-0.1, -0.05) is 0 Å². The third-order valence-electron chi connectivity index (χ3n) is 4.34. The Hall–Kier alpha value is -2.47. The Bertz CT molecular complexity index is 901. The molecule has 3 N–H and O–H groups in total. The molecule has 0 atom stereocenters. The lowest BCUT2D eigenvalue weighted by Gasteiger charge is -2.16. The molecule has 0 aromatic heterocycles. The first-order chi connectivity index (χ1) is 16.4. The van der Waals surface area contributed by atoms with E-state index in [1.165, 1.54) is 0 Å². The number of anilines is 1. The zero-order valence-electron chi connectivity index (χ0n) is 19.5. The summed E-state index contributed by atoms with van der Waals surface area (Å²) in [6.07, 6.45) is -4.45. The van der Waals surface area contributed by atoms with E-state index in [0.717, 1.165) is 12.1 Å². The van der Waals surface area contributed by atoms with Gasteiger partial charge in [0.25, 0.3) is 5.91 Å². The number of amides is 2. The molecule has 35 heavy (non-hydrogen) atoms. The summed E-state index contributed by atoms with van der Waals surface area (Å²) in [5.41, 5.74) is -1.58. The Balaban J connectivity index is 2.71. The Labute approximate surface area is 201 Å². The van der Waals surface area contributed by atoms with E-state index in [2.05, 4.69) is 10.6 Å². The van der Waals surface area contributed by atoms with Gasteiger partial charge in [0, 0.05) is 19.4 Å². The molecular weight excluding hydrogens is 496 g/mol. The minimum Gasteiger partial charge on any atom is -0.481 e. The molecular formula is C21H30F3N2O8P. The predicted molar refractivity (Wildman–Crippen MR) is 120 cm³/mol. The van der Waals surface area contributed by atoms with Crippen molar-refractivity contribution in [1.29, 1.82) is 0 Å². The smallest absolute Gasteiger partial charge is 0.474 e. The highest BCUT2D eigenvalue weighted by atomic mass is 31.2. The number of hydrogen-bond acceptors (Lipinski definition) is 7. The summed E-state index contributed by atoms with van der Waals surface area (Å²) in [6.45, 7) is 3.71. The molecule has 0 radical (unpaired) electrons. The molecule has 0 spiro atoms. The molecule has 0 saturated heterocycles. The number of phosphoric ester groups is 1. The van der Waals surface area contributed by atoms with E-state index in [0.29, 0.717) is 18.9 Å². The number of hydrogen-bond donors (Lipinski definition) is 3. The van der Waals surface area contributed by atoms with Crippen molar-refractivity contribution >= 4 is 31.3 Å². The highest BCUT2D eigenvalue weighted by molar-refractivity contribution is 7.48. The molecule has 0 aliphatic heterocycles. The fourth-order valence-corrected chi connectivity index (χ4v) is 3.97. The van der Waals surface area contributed by atoms with Crippen molar-refractivity contribution in [2.45, 2.75) is 52.1 Å². The minimum absolute atomic E-state index is 0.0107. The first-order valence-electron chi connectivity index (χ1n) is 11.0. The average Bonchev–Trinajstić information content (AvgIpc) is 2.75. The largest absolute Gasteiger partial charge is 0.481 e. The van der Waals surface area contributed by atoms with Gasteiger partial charge in [-0.2, -0.15) is 13.2 Å². The van der Waals surface area contributed by atoms with E-state index < -0.39 is 37.3 Å². The molecule has 14 heteroatoms. The molecule has 10 nitrogen and oxygen atoms in total. The van der Waals surface area contributed by atoms with Crippen LogP contribution in [0.2, 0.25) is 0 Å². The topological polar surface area (TPSA) is 140 Å². The number of alkyl halides is 3. The van der Waals surface area contributed by atoms with Crippen LogP contribution in [0, 0.1) is 0 Å². The van der Waals surface area contributed by atoms with Crippen LogP contribution in [0.5, 0.6) is 0 Å². The molecule has 0 fully saturated rings. The first-order valence-corrected chi connectivity index (χ1v) is 12.4. The zero-order chi connectivity index (χ0) is 26.5. The van der Waals surface area contributed by atoms with E-state index in [1.54, 1.807) is 13.8 Å². The van der Waals surface area contributed by atoms with Gasteiger partial charge in [0.15, 0.2) is 0 Å². The number of nitrogens with one attached hydrogen (secondary N) is 2. The maximum absolute atomic E-state index is 13.1. The molecule has 0 saturated carbocycles. The fourth-order valence-electron chi connectivity index (χ4n) is 2.76. The summed E-state index contributed by atoms with van der Waals surface area (Å²) in [6, 6.07) is 2.33. The van der Waals surface area contributed by atoms with Crippen molar-refractivity contribution in [3.8, 4) is 0 Å². The highest BCUT2D eigenvalue weighted by Gasteiger charge is 2.32. The third kappa shape index (κ3) is 11.7. The number of carbonyl (C=O) groups is 3. The van der Waals surface area contributed by atoms with Crippen molar-refractivity contribution < 1.29 is 50.8 Å². The summed E-state index contributed by atoms with van der Waals surface area (Å²) in [5.74, 6) is -2.54. The van der Waals surface area contributed by atoms with Crippen molar-refractivity contribution in [3.63, 3.8) is 0 Å². The Morgan fingerprint density at radius 1 is 1.00 bits per heavy atom. The van der Waals surface area contributed by atoms with Crippen LogP contribution in [0.1, 0.15) is 61.9 Å². The van der Waals surface area contributed by atoms with Gasteiger partial charge in [0.2, 0.25) is 5.91 Å². The number of unbranched alkanes of at least 4 members (excludes halogenated alkanes) is 1. The van der Waals surface area contributed by atoms with Crippen molar-refractivity contribution in [1.82, 2.24) is 5.32 Å². The van der Waals surface area contributed by atoms with Gasteiger partial charge in [-0.15, -0.1) is 0 Å². The number of carboxylic acids is 1. The summed E-state index contributed by atoms with van der Waals surface area (Å²) in [4.78, 5) is 35.2. The fraction of sp³-hybridized carbons (Fsp3) is 0.571. The van der Waals surface area contributed by atoms with E-state index in [-0.39, 0.29) is 56.9 Å². The molecule has 2 amide bonds. The van der Waals surface area contributed by atoms with Crippen molar-refractivity contribution in [3.05, 3.63) is 29.3 Å². The van der Waals surface area contributed by atoms with Crippen molar-refractivity contribution in [2.75, 3.05) is 31.7 Å². The second-order valence-corrected chi connectivity index (χ2v) is 8.80. The van der Waals surface area contributed by atoms with E-state index >= 15 is 0 Å². The molecule has 0 unspecified atom stereocenters. The molecule has 0 heterocycles. The number of benzene rings is 1. The van der Waals surface area contributed by atoms with Crippen LogP contribution in [-0.2, 0) is 33.9 Å². The molecule has 0 aliphatic carbocycles. The molecule has 0 bridgehead atoms. The van der Waals surface area contributed by atoms with Crippen LogP contribution in [0.25, 0.3) is 0 Å². The minimum atomic E-state index is -4.69. The first kappa shape index (κ1) is 30.6. The van der Waals surface area contributed by atoms with E-state index in [1.807, 2.05) is 0 Å². The maximum atomic E-state index is 13.1. The summed E-state index contributed by atoms with van der Waals surface area (Å²) in [5, 5.41) is 13.4. The average molecular weight is 526 g/mol. The molecule has 1 rings (SSSR count). The predicted octanol–water partition coefficient (Wildman–Crippen LogP) is 4.61. The Morgan fingerprint density at radius 2 is 1.66 bits per heavy atom. The van der Waals surface area contributed by atoms with Crippen LogP contribution in [0.15, 0.2) is 18.2 Å². The van der Waals surface area contributed by atoms with Gasteiger partial charge in [-0.25, -0.2) is 4.57 Å². The van der Waals surface area contributed by atoms with Crippen LogP contribution in [-0.4, -0.2) is 49.3 Å². The lowest BCUT2D eigenvalue weighted by molar-refractivity contribution is -0.138. The third-order valence-corrected chi connectivity index (χ3v) is 5.99. The van der Waals surface area contributed by atoms with Gasteiger partial charge in [-0.05, 0) is 51.3 Å². The van der Waals surface area contributed by atoms with E-state index in [4.69, 9.17) is 18.7 Å². The lowest BCUT2D eigenvalue weighted by atomic mass is 10.1. The second-order valence-electron chi connectivity index (χ2n) is 7.13. The number of aliphatic carboxylic acids is 1. The maximum Gasteiger partial charge on any atom is 0.474 e. The monoisotopic (exact) mass is 526 g/mol. The zero-order valence-corrected chi connectivity index (χ0v) is 20.4. The van der Waals surface area contributed by atoms with Crippen LogP contribution >= 0.6 is 7.82 Å². The quantitative estimate of drug-likeness (QED) is 0.210. The summed E-state index contributed by atoms with van der Waals surface area (Å²) >= 11 is 0. The Morgan fingerprint density at radius 3 is 2.23 bits per heavy atom. The lowest BCUT2D eigenvalue weighted by Crippen LogP contribution is -2.26. The SMILES string of the molecule is CCOP(=O)(OCC)OCCCCNC(=O)c1ccc(C(F)(F)F)cc1NC(=O)CCCC(=O)O. The number of phosphoric acid groups is 1. The van der Waals surface area contributed by atoms with Crippen LogP contribution in [0.4, 0.5) is 18.9 Å². The summed E-state index contributed by atoms with van der Waals surface area (Å²) < 4.78 is 66.6. The number of carbonyl (C=O) groups excluding carboxylic acids is 2. The normalized spacial score (nSPS) is 11.8. The van der Waals surface area contributed by atoms with Crippen LogP contribution in [0.3, 0.4) is 0 Å². The summed E-state index contributed by atoms with van der Waals surface area (Å²) in [7, 11) is -3.64. The van der Waals surface area contributed by atoms with Crippen molar-refractivity contribution in [2.24, 2.45) is 0 Å².